The van der Waals surface area contributed by atoms with E-state index in [1.165, 1.54) is 45.3 Å². The fourth-order valence-corrected chi connectivity index (χ4v) is 2.54. The summed E-state index contributed by atoms with van der Waals surface area (Å²) in [6, 6.07) is 0. The molecular weight excluding hydrogens is 403 g/mol. The summed E-state index contributed by atoms with van der Waals surface area (Å²) in [6.45, 7) is 12.0. The molecule has 0 radical (unpaired) electrons. The van der Waals surface area contributed by atoms with Crippen LogP contribution >= 0.6 is 24.0 Å². The van der Waals surface area contributed by atoms with E-state index < -0.39 is 0 Å². The van der Waals surface area contributed by atoms with Crippen LogP contribution in [0.15, 0.2) is 4.99 Å². The van der Waals surface area contributed by atoms with E-state index in [1.807, 2.05) is 7.05 Å². The van der Waals surface area contributed by atoms with Crippen LogP contribution in [0.25, 0.3) is 0 Å². The number of nitrogens with one attached hydrogen (secondary N) is 2. The van der Waals surface area contributed by atoms with Gasteiger partial charge >= 0.3 is 0 Å². The first kappa shape index (κ1) is 22.9. The van der Waals surface area contributed by atoms with Crippen molar-refractivity contribution >= 4 is 29.9 Å². The van der Waals surface area contributed by atoms with Gasteiger partial charge in [-0.15, -0.1) is 24.0 Å². The lowest BCUT2D eigenvalue weighted by atomic mass is 9.99. The Bertz CT molecular complexity index is 329. The molecule has 0 bridgehead atoms. The third-order valence-corrected chi connectivity index (χ3v) is 4.53. The van der Waals surface area contributed by atoms with Crippen LogP contribution in [0.5, 0.6) is 0 Å². The maximum atomic E-state index is 5.40. The van der Waals surface area contributed by atoms with Gasteiger partial charge in [-0.25, -0.2) is 0 Å². The molecule has 1 heterocycles. The molecule has 1 saturated heterocycles. The van der Waals surface area contributed by atoms with Crippen LogP contribution < -0.4 is 10.6 Å². The minimum atomic E-state index is -0.178. The number of halogens is 1. The molecule has 0 saturated carbocycles. The van der Waals surface area contributed by atoms with Gasteiger partial charge in [0.25, 0.3) is 0 Å². The van der Waals surface area contributed by atoms with E-state index >= 15 is 0 Å². The van der Waals surface area contributed by atoms with Crippen molar-refractivity contribution in [1.29, 1.82) is 0 Å². The van der Waals surface area contributed by atoms with Gasteiger partial charge in [-0.2, -0.15) is 0 Å². The molecule has 0 unspecified atom stereocenters. The van der Waals surface area contributed by atoms with Crippen LogP contribution in [0.1, 0.15) is 46.5 Å². The molecule has 1 aliphatic rings. The standard InChI is InChI=1S/C17H36N4O.HI/c1-15-8-12-21(13-9-15)11-7-6-10-19-16(18-4)20-14-17(2,3)22-5;/h15H,6-14H2,1-5H3,(H2,18,19,20);1H. The molecule has 1 fully saturated rings. The van der Waals surface area contributed by atoms with Gasteiger partial charge in [-0.1, -0.05) is 6.92 Å². The van der Waals surface area contributed by atoms with Gasteiger partial charge in [0.2, 0.25) is 0 Å². The van der Waals surface area contributed by atoms with Crippen molar-refractivity contribution in [3.05, 3.63) is 0 Å². The second-order valence-electron chi connectivity index (χ2n) is 7.05. The van der Waals surface area contributed by atoms with Crippen molar-refractivity contribution in [3.63, 3.8) is 0 Å². The average molecular weight is 440 g/mol. The van der Waals surface area contributed by atoms with E-state index in [9.17, 15) is 0 Å². The fourth-order valence-electron chi connectivity index (χ4n) is 2.54. The lowest BCUT2D eigenvalue weighted by molar-refractivity contribution is 0.0268. The summed E-state index contributed by atoms with van der Waals surface area (Å²) >= 11 is 0. The van der Waals surface area contributed by atoms with Gasteiger partial charge < -0.3 is 20.3 Å². The summed E-state index contributed by atoms with van der Waals surface area (Å²) in [5.41, 5.74) is -0.178. The quantitative estimate of drug-likeness (QED) is 0.264. The second-order valence-corrected chi connectivity index (χ2v) is 7.05. The molecule has 0 aliphatic carbocycles. The second kappa shape index (κ2) is 12.3. The average Bonchev–Trinajstić information content (AvgIpc) is 2.51. The molecule has 23 heavy (non-hydrogen) atoms. The Hall–Kier alpha value is -0.0800. The summed E-state index contributed by atoms with van der Waals surface area (Å²) in [4.78, 5) is 6.86. The van der Waals surface area contributed by atoms with E-state index in [2.05, 4.69) is 41.3 Å². The molecule has 1 aliphatic heterocycles. The Labute approximate surface area is 160 Å². The first-order valence-electron chi connectivity index (χ1n) is 8.69. The molecule has 6 heteroatoms. The number of ether oxygens (including phenoxy) is 1. The summed E-state index contributed by atoms with van der Waals surface area (Å²) in [7, 11) is 3.54. The number of piperidine rings is 1. The smallest absolute Gasteiger partial charge is 0.191 e. The van der Waals surface area contributed by atoms with Crippen molar-refractivity contribution < 1.29 is 4.74 Å². The molecular formula is C17H37IN4O. The Kier molecular flexibility index (Phi) is 12.3. The first-order valence-corrected chi connectivity index (χ1v) is 8.69. The van der Waals surface area contributed by atoms with Crippen molar-refractivity contribution in [2.45, 2.75) is 52.1 Å². The number of methoxy groups -OCH3 is 1. The maximum absolute atomic E-state index is 5.40. The molecule has 0 amide bonds. The number of likely N-dealkylation sites (tertiary alicyclic amines) is 1. The molecule has 0 atom stereocenters. The van der Waals surface area contributed by atoms with Gasteiger partial charge in [0.15, 0.2) is 5.96 Å². The van der Waals surface area contributed by atoms with Crippen molar-refractivity contribution in [3.8, 4) is 0 Å². The summed E-state index contributed by atoms with van der Waals surface area (Å²) in [5, 5.41) is 6.68. The summed E-state index contributed by atoms with van der Waals surface area (Å²) < 4.78 is 5.40. The third-order valence-electron chi connectivity index (χ3n) is 4.53. The SMILES string of the molecule is CN=C(NCCCCN1CCC(C)CC1)NCC(C)(C)OC.I. The Balaban J connectivity index is 0.00000484. The highest BCUT2D eigenvalue weighted by Crippen LogP contribution is 2.16. The van der Waals surface area contributed by atoms with E-state index in [0.717, 1.165) is 25.0 Å². The zero-order chi connectivity index (χ0) is 16.4. The predicted molar refractivity (Wildman–Crippen MR) is 110 cm³/mol. The number of guanidine groups is 1. The topological polar surface area (TPSA) is 48.9 Å². The normalized spacial score (nSPS) is 17.7. The highest BCUT2D eigenvalue weighted by atomic mass is 127. The largest absolute Gasteiger partial charge is 0.377 e. The minimum Gasteiger partial charge on any atom is -0.377 e. The zero-order valence-electron chi connectivity index (χ0n) is 15.7. The van der Waals surface area contributed by atoms with Crippen LogP contribution in [-0.4, -0.2) is 63.3 Å². The fraction of sp³-hybridized carbons (Fsp3) is 0.941. The third kappa shape index (κ3) is 10.4. The van der Waals surface area contributed by atoms with Gasteiger partial charge in [0, 0.05) is 27.2 Å². The Morgan fingerprint density at radius 2 is 1.87 bits per heavy atom. The minimum absolute atomic E-state index is 0. The van der Waals surface area contributed by atoms with Gasteiger partial charge in [-0.05, 0) is 65.1 Å². The number of hydrogen-bond donors (Lipinski definition) is 2. The van der Waals surface area contributed by atoms with Crippen LogP contribution in [0, 0.1) is 5.92 Å². The van der Waals surface area contributed by atoms with E-state index in [1.54, 1.807) is 7.11 Å². The molecule has 0 aromatic heterocycles. The molecule has 2 N–H and O–H groups in total. The number of hydrogen-bond acceptors (Lipinski definition) is 3. The Morgan fingerprint density at radius 3 is 2.43 bits per heavy atom. The monoisotopic (exact) mass is 440 g/mol. The van der Waals surface area contributed by atoms with Crippen molar-refractivity contribution in [1.82, 2.24) is 15.5 Å². The number of nitrogens with zero attached hydrogens (tertiary/aromatic N) is 2. The summed E-state index contributed by atoms with van der Waals surface area (Å²) in [5.74, 6) is 1.78. The van der Waals surface area contributed by atoms with Crippen LogP contribution in [-0.2, 0) is 4.74 Å². The van der Waals surface area contributed by atoms with E-state index in [4.69, 9.17) is 4.74 Å². The zero-order valence-corrected chi connectivity index (χ0v) is 18.0. The highest BCUT2D eigenvalue weighted by Gasteiger charge is 2.16. The number of aliphatic imine (C=N–C) groups is 1. The molecule has 0 aromatic rings. The van der Waals surface area contributed by atoms with Crippen LogP contribution in [0.3, 0.4) is 0 Å². The van der Waals surface area contributed by atoms with Crippen molar-refractivity contribution in [2.75, 3.05) is 46.9 Å². The number of rotatable bonds is 8. The van der Waals surface area contributed by atoms with Crippen LogP contribution in [0.2, 0.25) is 0 Å². The number of unbranched alkanes of at least 4 members (excludes halogenated alkanes) is 1. The van der Waals surface area contributed by atoms with Gasteiger partial charge in [0.05, 0.1) is 5.60 Å². The molecule has 138 valence electrons. The van der Waals surface area contributed by atoms with Gasteiger partial charge in [0.1, 0.15) is 0 Å². The molecule has 0 aromatic carbocycles. The van der Waals surface area contributed by atoms with Gasteiger partial charge in [-0.3, -0.25) is 4.99 Å². The molecule has 5 nitrogen and oxygen atoms in total. The lowest BCUT2D eigenvalue weighted by Gasteiger charge is -2.30. The first-order chi connectivity index (χ1) is 10.5. The summed E-state index contributed by atoms with van der Waals surface area (Å²) in [6.07, 6.45) is 5.16. The predicted octanol–water partition coefficient (Wildman–Crippen LogP) is 2.71. The van der Waals surface area contributed by atoms with E-state index in [0.29, 0.717) is 0 Å². The molecule has 0 spiro atoms. The van der Waals surface area contributed by atoms with Crippen molar-refractivity contribution in [2.24, 2.45) is 10.9 Å². The van der Waals surface area contributed by atoms with E-state index in [-0.39, 0.29) is 29.6 Å². The highest BCUT2D eigenvalue weighted by molar-refractivity contribution is 14.0. The Morgan fingerprint density at radius 1 is 1.22 bits per heavy atom. The molecule has 1 rings (SSSR count). The van der Waals surface area contributed by atoms with Crippen LogP contribution in [0.4, 0.5) is 0 Å². The lowest BCUT2D eigenvalue weighted by Crippen LogP contribution is -2.45. The maximum Gasteiger partial charge on any atom is 0.191 e.